The molecule has 96 valence electrons. The highest BCUT2D eigenvalue weighted by Gasteiger charge is 2.44. The first kappa shape index (κ1) is 14.0. The standard InChI is InChI=1S/C15H32N/c1-12(2)16(13(3)4,14(5)6)15-10-8-7-9-11-15/h12-15H,7-11H2,1-6H3/q+1. The third kappa shape index (κ3) is 2.30. The summed E-state index contributed by atoms with van der Waals surface area (Å²) < 4.78 is 1.33. The molecule has 0 saturated heterocycles. The number of hydrogen-bond donors (Lipinski definition) is 0. The van der Waals surface area contributed by atoms with Gasteiger partial charge in [-0.05, 0) is 67.2 Å². The lowest BCUT2D eigenvalue weighted by Crippen LogP contribution is -2.67. The lowest BCUT2D eigenvalue weighted by Gasteiger charge is -2.55. The van der Waals surface area contributed by atoms with E-state index in [0.717, 1.165) is 24.2 Å². The van der Waals surface area contributed by atoms with Gasteiger partial charge in [0.15, 0.2) is 0 Å². The second kappa shape index (κ2) is 5.53. The van der Waals surface area contributed by atoms with Gasteiger partial charge in [-0.1, -0.05) is 6.42 Å². The van der Waals surface area contributed by atoms with Gasteiger partial charge in [-0.3, -0.25) is 0 Å². The second-order valence-corrected chi connectivity index (χ2v) is 6.47. The first-order valence-corrected chi connectivity index (χ1v) is 7.31. The molecule has 0 aliphatic heterocycles. The molecule has 0 bridgehead atoms. The van der Waals surface area contributed by atoms with Crippen LogP contribution in [0.4, 0.5) is 0 Å². The molecule has 1 nitrogen and oxygen atoms in total. The number of nitrogens with zero attached hydrogens (tertiary/aromatic N) is 1. The topological polar surface area (TPSA) is 0 Å². The van der Waals surface area contributed by atoms with Crippen molar-refractivity contribution < 1.29 is 4.48 Å². The number of rotatable bonds is 4. The summed E-state index contributed by atoms with van der Waals surface area (Å²) in [5.41, 5.74) is 0. The Balaban J connectivity index is 2.99. The van der Waals surface area contributed by atoms with Gasteiger partial charge >= 0.3 is 0 Å². The van der Waals surface area contributed by atoms with E-state index in [1.54, 1.807) is 0 Å². The van der Waals surface area contributed by atoms with Crippen molar-refractivity contribution in [3.63, 3.8) is 0 Å². The van der Waals surface area contributed by atoms with Gasteiger partial charge in [0, 0.05) is 0 Å². The summed E-state index contributed by atoms with van der Waals surface area (Å²) in [5, 5.41) is 0. The van der Waals surface area contributed by atoms with E-state index in [0.29, 0.717) is 0 Å². The van der Waals surface area contributed by atoms with Gasteiger partial charge < -0.3 is 4.48 Å². The van der Waals surface area contributed by atoms with Crippen molar-refractivity contribution in [2.75, 3.05) is 0 Å². The third-order valence-corrected chi connectivity index (χ3v) is 4.89. The summed E-state index contributed by atoms with van der Waals surface area (Å²) in [4.78, 5) is 0. The molecule has 0 heterocycles. The minimum atomic E-state index is 0.753. The normalized spacial score (nSPS) is 20.1. The fourth-order valence-electron chi connectivity index (χ4n) is 4.58. The molecular weight excluding hydrogens is 194 g/mol. The summed E-state index contributed by atoms with van der Waals surface area (Å²) in [6.07, 6.45) is 7.28. The quantitative estimate of drug-likeness (QED) is 0.625. The van der Waals surface area contributed by atoms with Gasteiger partial charge in [0.2, 0.25) is 0 Å². The predicted octanol–water partition coefficient (Wildman–Crippen LogP) is 4.36. The molecule has 0 radical (unpaired) electrons. The summed E-state index contributed by atoms with van der Waals surface area (Å²) in [6, 6.07) is 3.17. The minimum Gasteiger partial charge on any atom is -0.315 e. The summed E-state index contributed by atoms with van der Waals surface area (Å²) in [6.45, 7) is 14.6. The van der Waals surface area contributed by atoms with Gasteiger partial charge in [0.1, 0.15) is 0 Å². The molecule has 1 heteroatoms. The number of hydrogen-bond acceptors (Lipinski definition) is 0. The molecular formula is C15H32N+. The van der Waals surface area contributed by atoms with Crippen LogP contribution in [0.2, 0.25) is 0 Å². The van der Waals surface area contributed by atoms with Gasteiger partial charge in [0.25, 0.3) is 0 Å². The van der Waals surface area contributed by atoms with Crippen LogP contribution in [-0.2, 0) is 0 Å². The third-order valence-electron chi connectivity index (χ3n) is 4.89. The minimum absolute atomic E-state index is 0.753. The van der Waals surface area contributed by atoms with Gasteiger partial charge in [-0.15, -0.1) is 0 Å². The fourth-order valence-corrected chi connectivity index (χ4v) is 4.58. The van der Waals surface area contributed by atoms with E-state index in [1.807, 2.05) is 0 Å². The van der Waals surface area contributed by atoms with Crippen molar-refractivity contribution in [2.24, 2.45) is 0 Å². The van der Waals surface area contributed by atoms with Crippen molar-refractivity contribution >= 4 is 0 Å². The van der Waals surface area contributed by atoms with Gasteiger partial charge in [0.05, 0.1) is 24.2 Å². The van der Waals surface area contributed by atoms with Crippen molar-refractivity contribution in [1.82, 2.24) is 0 Å². The molecule has 0 amide bonds. The van der Waals surface area contributed by atoms with Crippen LogP contribution in [0.1, 0.15) is 73.6 Å². The van der Waals surface area contributed by atoms with Crippen LogP contribution in [0.3, 0.4) is 0 Å². The van der Waals surface area contributed by atoms with E-state index in [4.69, 9.17) is 0 Å². The molecule has 1 aliphatic rings. The Morgan fingerprint density at radius 2 is 1.06 bits per heavy atom. The first-order valence-electron chi connectivity index (χ1n) is 7.31. The van der Waals surface area contributed by atoms with Crippen LogP contribution in [0, 0.1) is 0 Å². The van der Waals surface area contributed by atoms with Crippen LogP contribution in [0.25, 0.3) is 0 Å². The molecule has 0 N–H and O–H groups in total. The molecule has 1 fully saturated rings. The summed E-state index contributed by atoms with van der Waals surface area (Å²) in [7, 11) is 0. The Hall–Kier alpha value is -0.0400. The maximum atomic E-state index is 2.43. The Morgan fingerprint density at radius 1 is 0.688 bits per heavy atom. The zero-order valence-electron chi connectivity index (χ0n) is 12.3. The lowest BCUT2D eigenvalue weighted by atomic mass is 9.87. The number of quaternary nitrogens is 1. The fraction of sp³-hybridized carbons (Fsp3) is 1.00. The van der Waals surface area contributed by atoms with Crippen LogP contribution in [0.5, 0.6) is 0 Å². The highest BCUT2D eigenvalue weighted by atomic mass is 15.4. The van der Waals surface area contributed by atoms with Crippen molar-refractivity contribution in [3.8, 4) is 0 Å². The summed E-state index contributed by atoms with van der Waals surface area (Å²) >= 11 is 0. The largest absolute Gasteiger partial charge is 0.315 e. The van der Waals surface area contributed by atoms with E-state index in [-0.39, 0.29) is 0 Å². The maximum Gasteiger partial charge on any atom is 0.0896 e. The Labute approximate surface area is 103 Å². The van der Waals surface area contributed by atoms with Crippen molar-refractivity contribution in [1.29, 1.82) is 0 Å². The van der Waals surface area contributed by atoms with E-state index in [9.17, 15) is 0 Å². The van der Waals surface area contributed by atoms with Crippen LogP contribution in [-0.4, -0.2) is 28.7 Å². The maximum absolute atomic E-state index is 2.43. The Morgan fingerprint density at radius 3 is 1.38 bits per heavy atom. The predicted molar refractivity (Wildman–Crippen MR) is 72.5 cm³/mol. The highest BCUT2D eigenvalue weighted by Crippen LogP contribution is 2.36. The smallest absolute Gasteiger partial charge is 0.0896 e. The SMILES string of the molecule is CC(C)[N+](C(C)C)(C(C)C)C1CCCCC1. The van der Waals surface area contributed by atoms with Crippen molar-refractivity contribution in [3.05, 3.63) is 0 Å². The molecule has 0 spiro atoms. The average Bonchev–Trinajstić information content (AvgIpc) is 2.18. The zero-order chi connectivity index (χ0) is 12.3. The molecule has 16 heavy (non-hydrogen) atoms. The Bertz CT molecular complexity index is 178. The molecule has 1 saturated carbocycles. The van der Waals surface area contributed by atoms with Crippen molar-refractivity contribution in [2.45, 2.75) is 97.8 Å². The van der Waals surface area contributed by atoms with E-state index in [1.165, 1.54) is 36.6 Å². The van der Waals surface area contributed by atoms with Crippen LogP contribution in [0.15, 0.2) is 0 Å². The molecule has 0 unspecified atom stereocenters. The molecule has 0 aromatic carbocycles. The molecule has 1 rings (SSSR count). The van der Waals surface area contributed by atoms with Gasteiger partial charge in [-0.2, -0.15) is 0 Å². The van der Waals surface area contributed by atoms with Gasteiger partial charge in [-0.25, -0.2) is 0 Å². The van der Waals surface area contributed by atoms with E-state index >= 15 is 0 Å². The second-order valence-electron chi connectivity index (χ2n) is 6.47. The van der Waals surface area contributed by atoms with Crippen LogP contribution >= 0.6 is 0 Å². The monoisotopic (exact) mass is 226 g/mol. The molecule has 0 atom stereocenters. The summed E-state index contributed by atoms with van der Waals surface area (Å²) in [5.74, 6) is 0. The molecule has 0 aromatic rings. The van der Waals surface area contributed by atoms with E-state index in [2.05, 4.69) is 41.5 Å². The average molecular weight is 226 g/mol. The highest BCUT2D eigenvalue weighted by molar-refractivity contribution is 4.72. The molecule has 1 aliphatic carbocycles. The van der Waals surface area contributed by atoms with E-state index < -0.39 is 0 Å². The first-order chi connectivity index (χ1) is 7.44. The molecule has 0 aromatic heterocycles. The lowest BCUT2D eigenvalue weighted by molar-refractivity contribution is -1.01. The Kier molecular flexibility index (Phi) is 4.85. The zero-order valence-corrected chi connectivity index (χ0v) is 12.3. The van der Waals surface area contributed by atoms with Crippen LogP contribution < -0.4 is 0 Å².